The van der Waals surface area contributed by atoms with Gasteiger partial charge in [-0.15, -0.1) is 0 Å². The van der Waals surface area contributed by atoms with Gasteiger partial charge >= 0.3 is 0 Å². The number of hydrogen-bond acceptors (Lipinski definition) is 1. The van der Waals surface area contributed by atoms with Crippen LogP contribution >= 0.6 is 27.5 Å². The molecule has 0 atom stereocenters. The molecule has 0 heterocycles. The van der Waals surface area contributed by atoms with Crippen LogP contribution in [0.15, 0.2) is 46.9 Å². The van der Waals surface area contributed by atoms with Gasteiger partial charge in [-0.05, 0) is 48.4 Å². The zero-order valence-corrected chi connectivity index (χ0v) is 11.8. The van der Waals surface area contributed by atoms with Gasteiger partial charge in [-0.2, -0.15) is 0 Å². The molecule has 0 saturated carbocycles. The molecule has 1 N–H and O–H groups in total. The van der Waals surface area contributed by atoms with E-state index < -0.39 is 0 Å². The van der Waals surface area contributed by atoms with Crippen molar-refractivity contribution in [1.82, 2.24) is 0 Å². The Kier molecular flexibility index (Phi) is 4.08. The maximum atomic E-state index is 6.17. The van der Waals surface area contributed by atoms with Gasteiger partial charge in [0.2, 0.25) is 0 Å². The second kappa shape index (κ2) is 5.56. The van der Waals surface area contributed by atoms with Crippen LogP contribution in [0.4, 0.5) is 5.69 Å². The van der Waals surface area contributed by atoms with Crippen LogP contribution in [0.1, 0.15) is 11.1 Å². The lowest BCUT2D eigenvalue weighted by atomic mass is 10.1. The van der Waals surface area contributed by atoms with Crippen molar-refractivity contribution in [1.29, 1.82) is 0 Å². The molecule has 0 unspecified atom stereocenters. The highest BCUT2D eigenvalue weighted by Crippen LogP contribution is 2.20. The van der Waals surface area contributed by atoms with Gasteiger partial charge in [0, 0.05) is 21.7 Å². The molecule has 0 saturated heterocycles. The highest BCUT2D eigenvalue weighted by Gasteiger charge is 2.00. The molecule has 3 heteroatoms. The van der Waals surface area contributed by atoms with E-state index in [4.69, 9.17) is 11.6 Å². The predicted octanol–water partition coefficient (Wildman–Crippen LogP) is 5.02. The van der Waals surface area contributed by atoms with E-state index in [-0.39, 0.29) is 0 Å². The molecule has 0 radical (unpaired) electrons. The third kappa shape index (κ3) is 3.48. The van der Waals surface area contributed by atoms with E-state index >= 15 is 0 Å². The normalized spacial score (nSPS) is 10.3. The third-order valence-corrected chi connectivity index (χ3v) is 3.42. The zero-order valence-electron chi connectivity index (χ0n) is 9.50. The lowest BCUT2D eigenvalue weighted by Crippen LogP contribution is -1.99. The Balaban J connectivity index is 2.04. The summed E-state index contributed by atoms with van der Waals surface area (Å²) in [5.74, 6) is 0. The monoisotopic (exact) mass is 309 g/mol. The maximum absolute atomic E-state index is 6.17. The van der Waals surface area contributed by atoms with Crippen molar-refractivity contribution < 1.29 is 0 Å². The fraction of sp³-hybridized carbons (Fsp3) is 0.143. The van der Waals surface area contributed by atoms with Crippen LogP contribution in [0, 0.1) is 6.92 Å². The Morgan fingerprint density at radius 3 is 2.47 bits per heavy atom. The molecule has 0 amide bonds. The maximum Gasteiger partial charge on any atom is 0.0458 e. The smallest absolute Gasteiger partial charge is 0.0458 e. The summed E-state index contributed by atoms with van der Waals surface area (Å²) in [6.07, 6.45) is 0. The Hall–Kier alpha value is -0.990. The van der Waals surface area contributed by atoms with Crippen molar-refractivity contribution in [2.75, 3.05) is 5.32 Å². The van der Waals surface area contributed by atoms with Crippen LogP contribution in [0.2, 0.25) is 5.02 Å². The number of aryl methyl sites for hydroxylation is 1. The second-order valence-corrected chi connectivity index (χ2v) is 5.28. The second-order valence-electron chi connectivity index (χ2n) is 3.96. The minimum atomic E-state index is 0.737. The van der Waals surface area contributed by atoms with E-state index in [1.165, 1.54) is 5.56 Å². The van der Waals surface area contributed by atoms with Crippen LogP contribution in [0.5, 0.6) is 0 Å². The molecule has 2 aromatic rings. The summed E-state index contributed by atoms with van der Waals surface area (Å²) in [5.41, 5.74) is 3.38. The van der Waals surface area contributed by atoms with Gasteiger partial charge in [-0.25, -0.2) is 0 Å². The van der Waals surface area contributed by atoms with Crippen LogP contribution in [-0.2, 0) is 6.54 Å². The first-order chi connectivity index (χ1) is 8.15. The van der Waals surface area contributed by atoms with E-state index in [2.05, 4.69) is 33.4 Å². The van der Waals surface area contributed by atoms with Crippen LogP contribution < -0.4 is 5.32 Å². The fourth-order valence-electron chi connectivity index (χ4n) is 1.56. The summed E-state index contributed by atoms with van der Waals surface area (Å²) in [4.78, 5) is 0. The summed E-state index contributed by atoms with van der Waals surface area (Å²) in [5, 5.41) is 4.16. The first kappa shape index (κ1) is 12.5. The highest BCUT2D eigenvalue weighted by atomic mass is 79.9. The van der Waals surface area contributed by atoms with Crippen molar-refractivity contribution in [2.45, 2.75) is 13.5 Å². The molecule has 0 aliphatic carbocycles. The predicted molar refractivity (Wildman–Crippen MR) is 77.7 cm³/mol. The SMILES string of the molecule is Cc1ccc(CNc2ccc(Br)cc2)c(Cl)c1. The largest absolute Gasteiger partial charge is 0.381 e. The quantitative estimate of drug-likeness (QED) is 0.839. The van der Waals surface area contributed by atoms with Gasteiger partial charge in [-0.1, -0.05) is 39.7 Å². The molecule has 0 aliphatic heterocycles. The molecule has 2 rings (SSSR count). The molecule has 0 bridgehead atoms. The summed E-state index contributed by atoms with van der Waals surface area (Å²) >= 11 is 9.59. The minimum Gasteiger partial charge on any atom is -0.381 e. The first-order valence-electron chi connectivity index (χ1n) is 5.39. The Bertz CT molecular complexity index is 508. The van der Waals surface area contributed by atoms with Crippen LogP contribution in [0.3, 0.4) is 0 Å². The molecular formula is C14H13BrClN. The topological polar surface area (TPSA) is 12.0 Å². The van der Waals surface area contributed by atoms with Crippen molar-refractivity contribution in [2.24, 2.45) is 0 Å². The van der Waals surface area contributed by atoms with Crippen molar-refractivity contribution in [3.8, 4) is 0 Å². The number of halogens is 2. The molecule has 0 aromatic heterocycles. The summed E-state index contributed by atoms with van der Waals surface area (Å²) in [6.45, 7) is 2.78. The van der Waals surface area contributed by atoms with E-state index in [0.29, 0.717) is 0 Å². The van der Waals surface area contributed by atoms with Gasteiger partial charge < -0.3 is 5.32 Å². The lowest BCUT2D eigenvalue weighted by Gasteiger charge is -2.08. The fourth-order valence-corrected chi connectivity index (χ4v) is 2.13. The highest BCUT2D eigenvalue weighted by molar-refractivity contribution is 9.10. The van der Waals surface area contributed by atoms with Gasteiger partial charge in [0.05, 0.1) is 0 Å². The van der Waals surface area contributed by atoms with Gasteiger partial charge in [0.1, 0.15) is 0 Å². The summed E-state index contributed by atoms with van der Waals surface area (Å²) < 4.78 is 1.08. The summed E-state index contributed by atoms with van der Waals surface area (Å²) in [6, 6.07) is 14.2. The Morgan fingerprint density at radius 1 is 1.12 bits per heavy atom. The van der Waals surface area contributed by atoms with Gasteiger partial charge in [0.25, 0.3) is 0 Å². The van der Waals surface area contributed by atoms with Crippen molar-refractivity contribution >= 4 is 33.2 Å². The van der Waals surface area contributed by atoms with Crippen molar-refractivity contribution in [3.63, 3.8) is 0 Å². The Labute approximate surface area is 115 Å². The average Bonchev–Trinajstić information content (AvgIpc) is 2.30. The van der Waals surface area contributed by atoms with Gasteiger partial charge in [0.15, 0.2) is 0 Å². The van der Waals surface area contributed by atoms with E-state index in [1.807, 2.05) is 37.3 Å². The first-order valence-corrected chi connectivity index (χ1v) is 6.57. The van der Waals surface area contributed by atoms with Crippen molar-refractivity contribution in [3.05, 3.63) is 63.1 Å². The summed E-state index contributed by atoms with van der Waals surface area (Å²) in [7, 11) is 0. The van der Waals surface area contributed by atoms with E-state index in [9.17, 15) is 0 Å². The number of nitrogens with one attached hydrogen (secondary N) is 1. The number of hydrogen-bond donors (Lipinski definition) is 1. The zero-order chi connectivity index (χ0) is 12.3. The Morgan fingerprint density at radius 2 is 1.82 bits per heavy atom. The lowest BCUT2D eigenvalue weighted by molar-refractivity contribution is 1.14. The molecule has 17 heavy (non-hydrogen) atoms. The molecule has 1 nitrogen and oxygen atoms in total. The standard InChI is InChI=1S/C14H13BrClN/c1-10-2-3-11(14(16)8-10)9-17-13-6-4-12(15)5-7-13/h2-8,17H,9H2,1H3. The average molecular weight is 311 g/mol. The van der Waals surface area contributed by atoms with E-state index in [0.717, 1.165) is 27.3 Å². The number of rotatable bonds is 3. The molecular weight excluding hydrogens is 298 g/mol. The number of anilines is 1. The number of benzene rings is 2. The van der Waals surface area contributed by atoms with Gasteiger partial charge in [-0.3, -0.25) is 0 Å². The molecule has 0 aliphatic rings. The molecule has 88 valence electrons. The molecule has 0 spiro atoms. The van der Waals surface area contributed by atoms with Crippen LogP contribution in [0.25, 0.3) is 0 Å². The molecule has 2 aromatic carbocycles. The van der Waals surface area contributed by atoms with Crippen LogP contribution in [-0.4, -0.2) is 0 Å². The van der Waals surface area contributed by atoms with E-state index in [1.54, 1.807) is 0 Å². The third-order valence-electron chi connectivity index (χ3n) is 2.54. The minimum absolute atomic E-state index is 0.737. The molecule has 0 fully saturated rings.